The molecule has 0 unspecified atom stereocenters. The molecular weight excluding hydrogens is 518 g/mol. The van der Waals surface area contributed by atoms with E-state index in [1.165, 1.54) is 82.0 Å². The highest BCUT2D eigenvalue weighted by Gasteiger charge is 2.52. The zero-order chi connectivity index (χ0) is 27.7. The Morgan fingerprint density at radius 2 is 1.62 bits per heavy atom. The van der Waals surface area contributed by atoms with Gasteiger partial charge in [-0.05, 0) is 74.8 Å². The maximum Gasteiger partial charge on any atom is 0.267 e. The van der Waals surface area contributed by atoms with Crippen molar-refractivity contribution in [3.63, 3.8) is 0 Å². The van der Waals surface area contributed by atoms with E-state index >= 15 is 0 Å². The Kier molecular flexibility index (Phi) is 8.02. The molecule has 2 N–H and O–H groups in total. The fraction of sp³-hybridized carbons (Fsp3) is 0.606. The topological polar surface area (TPSA) is 84.2 Å². The van der Waals surface area contributed by atoms with Gasteiger partial charge in [0.15, 0.2) is 5.13 Å². The fourth-order valence-corrected chi connectivity index (χ4v) is 9.21. The Morgan fingerprint density at radius 3 is 2.30 bits per heavy atom. The summed E-state index contributed by atoms with van der Waals surface area (Å²) < 4.78 is 1.67. The molecule has 4 fully saturated rings. The second kappa shape index (κ2) is 11.7. The summed E-state index contributed by atoms with van der Waals surface area (Å²) in [7, 11) is 0. The lowest BCUT2D eigenvalue weighted by atomic mass is 9.49. The molecule has 7 heteroatoms. The predicted molar refractivity (Wildman–Crippen MR) is 162 cm³/mol. The summed E-state index contributed by atoms with van der Waals surface area (Å²) in [6, 6.07) is 7.32. The highest BCUT2D eigenvalue weighted by molar-refractivity contribution is 7.14. The number of carbonyl (C=O) groups is 1. The third-order valence-corrected chi connectivity index (χ3v) is 10.7. The first-order chi connectivity index (χ1) is 19.5. The Morgan fingerprint density at radius 1 is 1.00 bits per heavy atom. The van der Waals surface area contributed by atoms with Gasteiger partial charge in [-0.2, -0.15) is 0 Å². The van der Waals surface area contributed by atoms with Gasteiger partial charge in [0.05, 0.1) is 11.2 Å². The number of unbranched alkanes of at least 4 members (excludes halogenated alkanes) is 7. The van der Waals surface area contributed by atoms with Crippen LogP contribution in [-0.4, -0.2) is 20.6 Å². The predicted octanol–water partition coefficient (Wildman–Crippen LogP) is 8.02. The molecule has 7 rings (SSSR count). The number of aromatic hydroxyl groups is 1. The third-order valence-electron chi connectivity index (χ3n) is 9.91. The van der Waals surface area contributed by atoms with Crippen LogP contribution in [0.1, 0.15) is 113 Å². The number of rotatable bonds is 12. The Balaban J connectivity index is 1.18. The summed E-state index contributed by atoms with van der Waals surface area (Å²) in [6.45, 7) is 2.76. The van der Waals surface area contributed by atoms with Crippen LogP contribution >= 0.6 is 11.3 Å². The van der Waals surface area contributed by atoms with Crippen LogP contribution in [-0.2, 0) is 12.0 Å². The van der Waals surface area contributed by atoms with E-state index in [9.17, 15) is 14.7 Å². The van der Waals surface area contributed by atoms with Gasteiger partial charge in [0.1, 0.15) is 11.3 Å². The van der Waals surface area contributed by atoms with Gasteiger partial charge in [0.2, 0.25) is 0 Å². The number of hydrogen-bond donors (Lipinski definition) is 2. The lowest BCUT2D eigenvalue weighted by molar-refractivity contribution is -0.00688. The molecule has 1 aromatic carbocycles. The smallest absolute Gasteiger partial charge is 0.267 e. The first kappa shape index (κ1) is 27.5. The number of pyridine rings is 1. The van der Waals surface area contributed by atoms with Crippen molar-refractivity contribution in [1.82, 2.24) is 9.55 Å². The van der Waals surface area contributed by atoms with E-state index in [1.807, 2.05) is 18.2 Å². The monoisotopic (exact) mass is 561 g/mol. The van der Waals surface area contributed by atoms with Gasteiger partial charge in [-0.15, -0.1) is 11.3 Å². The minimum Gasteiger partial charge on any atom is -0.506 e. The second-order valence-electron chi connectivity index (χ2n) is 12.9. The number of aromatic nitrogens is 2. The van der Waals surface area contributed by atoms with Crippen LogP contribution in [0.2, 0.25) is 0 Å². The number of thiazole rings is 1. The van der Waals surface area contributed by atoms with Gasteiger partial charge < -0.3 is 9.67 Å². The zero-order valence-corrected chi connectivity index (χ0v) is 24.6. The van der Waals surface area contributed by atoms with Crippen molar-refractivity contribution in [2.24, 2.45) is 17.8 Å². The molecular formula is C33H43N3O3S. The van der Waals surface area contributed by atoms with E-state index in [4.69, 9.17) is 4.98 Å². The Labute approximate surface area is 241 Å². The SMILES string of the molecule is CCCCCCCCCCn1c(=O)c(C(=O)Nc2nc(C34CC5CC(CC(C5)C3)C4)cs2)c(O)c2ccccc21. The molecule has 2 heterocycles. The second-order valence-corrected chi connectivity index (χ2v) is 13.7. The van der Waals surface area contributed by atoms with Crippen molar-refractivity contribution in [2.45, 2.75) is 109 Å². The summed E-state index contributed by atoms with van der Waals surface area (Å²) in [4.78, 5) is 32.0. The summed E-state index contributed by atoms with van der Waals surface area (Å²) in [6.07, 6.45) is 17.1. The number of hydrogen-bond acceptors (Lipinski definition) is 5. The lowest BCUT2D eigenvalue weighted by Gasteiger charge is -2.56. The van der Waals surface area contributed by atoms with Crippen LogP contribution in [0.3, 0.4) is 0 Å². The van der Waals surface area contributed by atoms with Crippen LogP contribution in [0, 0.1) is 17.8 Å². The molecule has 214 valence electrons. The zero-order valence-electron chi connectivity index (χ0n) is 23.8. The highest BCUT2D eigenvalue weighted by Crippen LogP contribution is 2.60. The first-order valence-electron chi connectivity index (χ1n) is 15.6. The number of benzene rings is 1. The van der Waals surface area contributed by atoms with Crippen LogP contribution < -0.4 is 10.9 Å². The number of aryl methyl sites for hydroxylation is 1. The molecule has 40 heavy (non-hydrogen) atoms. The van der Waals surface area contributed by atoms with Crippen molar-refractivity contribution < 1.29 is 9.90 Å². The van der Waals surface area contributed by atoms with E-state index < -0.39 is 11.5 Å². The van der Waals surface area contributed by atoms with Crippen molar-refractivity contribution in [2.75, 3.05) is 5.32 Å². The minimum absolute atomic E-state index is 0.155. The summed E-state index contributed by atoms with van der Waals surface area (Å²) in [5, 5.41) is 17.1. The molecule has 4 aliphatic rings. The molecule has 4 bridgehead atoms. The van der Waals surface area contributed by atoms with Crippen LogP contribution in [0.4, 0.5) is 5.13 Å². The molecule has 1 amide bonds. The molecule has 4 saturated carbocycles. The molecule has 0 atom stereocenters. The van der Waals surface area contributed by atoms with Crippen molar-refractivity contribution >= 4 is 33.3 Å². The number of para-hydroxylation sites is 1. The van der Waals surface area contributed by atoms with E-state index in [-0.39, 0.29) is 16.7 Å². The van der Waals surface area contributed by atoms with Gasteiger partial charge in [0, 0.05) is 22.7 Å². The van der Waals surface area contributed by atoms with Gasteiger partial charge in [-0.25, -0.2) is 4.98 Å². The Bertz CT molecular complexity index is 1390. The average molecular weight is 562 g/mol. The number of anilines is 1. The summed E-state index contributed by atoms with van der Waals surface area (Å²) in [5.74, 6) is 1.63. The molecule has 6 nitrogen and oxygen atoms in total. The minimum atomic E-state index is -0.579. The van der Waals surface area contributed by atoms with E-state index in [1.54, 1.807) is 10.6 Å². The molecule has 0 saturated heterocycles. The van der Waals surface area contributed by atoms with Crippen molar-refractivity contribution in [3.8, 4) is 5.75 Å². The quantitative estimate of drug-likeness (QED) is 0.219. The largest absolute Gasteiger partial charge is 0.506 e. The number of nitrogens with zero attached hydrogens (tertiary/aromatic N) is 2. The van der Waals surface area contributed by atoms with Gasteiger partial charge in [-0.3, -0.25) is 14.9 Å². The van der Waals surface area contributed by atoms with Crippen LogP contribution in [0.15, 0.2) is 34.4 Å². The fourth-order valence-electron chi connectivity index (χ4n) is 8.38. The van der Waals surface area contributed by atoms with Crippen LogP contribution in [0.5, 0.6) is 5.75 Å². The third kappa shape index (κ3) is 5.34. The number of carbonyl (C=O) groups excluding carboxylic acids is 1. The molecule has 0 radical (unpaired) electrons. The van der Waals surface area contributed by atoms with E-state index in [0.29, 0.717) is 22.6 Å². The Hall–Kier alpha value is -2.67. The lowest BCUT2D eigenvalue weighted by Crippen LogP contribution is -2.48. The maximum absolute atomic E-state index is 13.6. The average Bonchev–Trinajstić information content (AvgIpc) is 3.40. The normalized spacial score (nSPS) is 25.1. The molecule has 4 aliphatic carbocycles. The van der Waals surface area contributed by atoms with Gasteiger partial charge in [0.25, 0.3) is 11.5 Å². The number of nitrogens with one attached hydrogen (secondary N) is 1. The van der Waals surface area contributed by atoms with Gasteiger partial charge in [-0.1, -0.05) is 64.0 Å². The number of amides is 1. The standard InChI is InChI=1S/C33H43N3O3S/c1-2-3-4-5-6-7-8-11-14-36-26-13-10-9-12-25(26)29(37)28(31(36)39)30(38)35-32-34-27(21-40-32)33-18-22-15-23(19-33)17-24(16-22)20-33/h9-10,12-13,21-24,37H,2-8,11,14-20H2,1H3,(H,34,35,38). The van der Waals surface area contributed by atoms with Gasteiger partial charge >= 0.3 is 0 Å². The van der Waals surface area contributed by atoms with E-state index in [2.05, 4.69) is 17.6 Å². The summed E-state index contributed by atoms with van der Waals surface area (Å²) in [5.41, 5.74) is 1.31. The van der Waals surface area contributed by atoms with E-state index in [0.717, 1.165) is 42.7 Å². The molecule has 3 aromatic rings. The highest BCUT2D eigenvalue weighted by atomic mass is 32.1. The molecule has 0 spiro atoms. The maximum atomic E-state index is 13.6. The molecule has 0 aliphatic heterocycles. The van der Waals surface area contributed by atoms with Crippen LogP contribution in [0.25, 0.3) is 10.9 Å². The summed E-state index contributed by atoms with van der Waals surface area (Å²) >= 11 is 1.43. The number of fused-ring (bicyclic) bond motifs is 1. The van der Waals surface area contributed by atoms with Crippen molar-refractivity contribution in [3.05, 3.63) is 51.3 Å². The van der Waals surface area contributed by atoms with Crippen molar-refractivity contribution in [1.29, 1.82) is 0 Å². The first-order valence-corrected chi connectivity index (χ1v) is 16.5. The molecule has 2 aromatic heterocycles.